The molecule has 0 amide bonds. The molecule has 5 heterocycles. The van der Waals surface area contributed by atoms with Gasteiger partial charge in [-0.15, -0.1) is 0 Å². The highest BCUT2D eigenvalue weighted by molar-refractivity contribution is 5.97. The summed E-state index contributed by atoms with van der Waals surface area (Å²) in [7, 11) is 0. The Morgan fingerprint density at radius 2 is 1.73 bits per heavy atom. The van der Waals surface area contributed by atoms with Gasteiger partial charge in [0.05, 0.1) is 28.6 Å². The zero-order valence-corrected chi connectivity index (χ0v) is 21.1. The van der Waals surface area contributed by atoms with E-state index < -0.39 is 5.82 Å². The number of H-pyrrole nitrogens is 2. The van der Waals surface area contributed by atoms with E-state index in [2.05, 4.69) is 42.0 Å². The molecule has 0 bridgehead atoms. The number of aromatic nitrogens is 7. The predicted octanol–water partition coefficient (Wildman–Crippen LogP) is 6.85. The summed E-state index contributed by atoms with van der Waals surface area (Å²) >= 11 is 0. The zero-order valence-electron chi connectivity index (χ0n) is 21.1. The third kappa shape index (κ3) is 4.15. The van der Waals surface area contributed by atoms with Crippen molar-refractivity contribution in [3.63, 3.8) is 0 Å². The number of rotatable bonds is 6. The van der Waals surface area contributed by atoms with Gasteiger partial charge in [0.15, 0.2) is 5.82 Å². The van der Waals surface area contributed by atoms with Gasteiger partial charge >= 0.3 is 0 Å². The Labute approximate surface area is 227 Å². The van der Waals surface area contributed by atoms with Gasteiger partial charge in [-0.25, -0.2) is 9.37 Å². The number of imidazole rings is 1. The highest BCUT2D eigenvalue weighted by Gasteiger charge is 2.18. The standard InChI is InChI=1S/C31H21FN8/c1-18(19-7-3-2-4-8-19)36-21-13-20(16-33-17-21)22-14-23-27(15-24(22)32)39-40-28(23)31-37-26-10-12-35-29(30(26)38-31)25-9-5-6-11-34-25/h2-17,36H,1H2,(H,37,38)(H,39,40). The number of nitrogens with one attached hydrogen (secondary N) is 3. The molecule has 2 aromatic carbocycles. The van der Waals surface area contributed by atoms with Crippen LogP contribution in [0.3, 0.4) is 0 Å². The Hall–Kier alpha value is -5.70. The fraction of sp³-hybridized carbons (Fsp3) is 0. The molecule has 192 valence electrons. The van der Waals surface area contributed by atoms with Crippen molar-refractivity contribution >= 4 is 33.3 Å². The molecule has 9 heteroatoms. The number of benzene rings is 2. The largest absolute Gasteiger partial charge is 0.354 e. The van der Waals surface area contributed by atoms with Crippen LogP contribution >= 0.6 is 0 Å². The van der Waals surface area contributed by atoms with Crippen LogP contribution in [-0.4, -0.2) is 35.1 Å². The minimum Gasteiger partial charge on any atom is -0.354 e. The van der Waals surface area contributed by atoms with Crippen LogP contribution in [0.25, 0.3) is 61.7 Å². The van der Waals surface area contributed by atoms with Crippen LogP contribution in [-0.2, 0) is 0 Å². The molecule has 40 heavy (non-hydrogen) atoms. The van der Waals surface area contributed by atoms with E-state index in [0.717, 1.165) is 27.9 Å². The molecular formula is C31H21FN8. The van der Waals surface area contributed by atoms with Crippen LogP contribution in [0.4, 0.5) is 10.1 Å². The van der Waals surface area contributed by atoms with Crippen LogP contribution in [0.1, 0.15) is 5.56 Å². The maximum absolute atomic E-state index is 15.3. The number of nitrogens with zero attached hydrogens (tertiary/aromatic N) is 5. The Balaban J connectivity index is 1.28. The van der Waals surface area contributed by atoms with Crippen molar-refractivity contribution < 1.29 is 4.39 Å². The SMILES string of the molecule is C=C(Nc1cncc(-c2cc3c(-c4nc5c(-c6ccccn6)nccc5[nH]4)n[nH]c3cc2F)c1)c1ccccc1. The molecule has 7 rings (SSSR count). The van der Waals surface area contributed by atoms with E-state index >= 15 is 4.39 Å². The van der Waals surface area contributed by atoms with Crippen LogP contribution < -0.4 is 5.32 Å². The van der Waals surface area contributed by atoms with Gasteiger partial charge in [-0.3, -0.25) is 20.1 Å². The van der Waals surface area contributed by atoms with Crippen LogP contribution in [0, 0.1) is 5.82 Å². The summed E-state index contributed by atoms with van der Waals surface area (Å²) in [6.45, 7) is 4.12. The van der Waals surface area contributed by atoms with E-state index in [9.17, 15) is 0 Å². The normalized spacial score (nSPS) is 11.2. The molecule has 0 unspecified atom stereocenters. The second-order valence-electron chi connectivity index (χ2n) is 9.24. The summed E-state index contributed by atoms with van der Waals surface area (Å²) in [5.41, 5.74) is 7.36. The molecule has 7 aromatic rings. The lowest BCUT2D eigenvalue weighted by molar-refractivity contribution is 0.633. The molecule has 0 saturated carbocycles. The molecule has 0 radical (unpaired) electrons. The second-order valence-corrected chi connectivity index (χ2v) is 9.24. The van der Waals surface area contributed by atoms with Gasteiger partial charge in [-0.2, -0.15) is 5.10 Å². The molecule has 0 aliphatic heterocycles. The maximum atomic E-state index is 15.3. The Bertz CT molecular complexity index is 2010. The van der Waals surface area contributed by atoms with Gasteiger partial charge in [0.1, 0.15) is 22.7 Å². The fourth-order valence-electron chi connectivity index (χ4n) is 4.72. The molecule has 0 aliphatic carbocycles. The second kappa shape index (κ2) is 9.55. The van der Waals surface area contributed by atoms with E-state index in [4.69, 9.17) is 4.98 Å². The van der Waals surface area contributed by atoms with E-state index in [0.29, 0.717) is 45.1 Å². The van der Waals surface area contributed by atoms with Gasteiger partial charge in [-0.05, 0) is 35.9 Å². The summed E-state index contributed by atoms with van der Waals surface area (Å²) in [5, 5.41) is 11.4. The minimum absolute atomic E-state index is 0.392. The lowest BCUT2D eigenvalue weighted by Gasteiger charge is -2.11. The predicted molar refractivity (Wildman–Crippen MR) is 154 cm³/mol. The number of hydrogen-bond donors (Lipinski definition) is 3. The molecule has 0 fully saturated rings. The fourth-order valence-corrected chi connectivity index (χ4v) is 4.72. The van der Waals surface area contributed by atoms with Crippen molar-refractivity contribution in [1.29, 1.82) is 0 Å². The molecule has 0 saturated heterocycles. The first kappa shape index (κ1) is 23.4. The molecule has 0 atom stereocenters. The molecular weight excluding hydrogens is 503 g/mol. The lowest BCUT2D eigenvalue weighted by atomic mass is 10.0. The lowest BCUT2D eigenvalue weighted by Crippen LogP contribution is -1.98. The average molecular weight is 525 g/mol. The summed E-state index contributed by atoms with van der Waals surface area (Å²) in [6.07, 6.45) is 6.74. The number of halogens is 1. The van der Waals surface area contributed by atoms with Crippen molar-refractivity contribution in [1.82, 2.24) is 35.1 Å². The molecule has 5 aromatic heterocycles. The topological polar surface area (TPSA) is 108 Å². The van der Waals surface area contributed by atoms with E-state index in [1.807, 2.05) is 60.7 Å². The molecule has 0 aliphatic rings. The van der Waals surface area contributed by atoms with Crippen molar-refractivity contribution in [2.24, 2.45) is 0 Å². The smallest absolute Gasteiger partial charge is 0.159 e. The van der Waals surface area contributed by atoms with E-state index in [1.54, 1.807) is 30.9 Å². The zero-order chi connectivity index (χ0) is 27.1. The highest BCUT2D eigenvalue weighted by atomic mass is 19.1. The number of aromatic amines is 2. The number of anilines is 1. The first-order valence-electron chi connectivity index (χ1n) is 12.5. The van der Waals surface area contributed by atoms with Crippen LogP contribution in [0.5, 0.6) is 0 Å². The monoisotopic (exact) mass is 524 g/mol. The van der Waals surface area contributed by atoms with Crippen molar-refractivity contribution in [3.8, 4) is 34.0 Å². The number of fused-ring (bicyclic) bond motifs is 2. The molecule has 8 nitrogen and oxygen atoms in total. The van der Waals surface area contributed by atoms with Crippen LogP contribution in [0.15, 0.2) is 104 Å². The number of hydrogen-bond acceptors (Lipinski definition) is 6. The van der Waals surface area contributed by atoms with Crippen molar-refractivity contribution in [2.75, 3.05) is 5.32 Å². The third-order valence-corrected chi connectivity index (χ3v) is 6.65. The molecule has 0 spiro atoms. The van der Waals surface area contributed by atoms with Gasteiger partial charge < -0.3 is 10.3 Å². The average Bonchev–Trinajstić information content (AvgIpc) is 3.61. The minimum atomic E-state index is -0.394. The van der Waals surface area contributed by atoms with Crippen molar-refractivity contribution in [3.05, 3.63) is 116 Å². The summed E-state index contributed by atoms with van der Waals surface area (Å²) in [5.74, 6) is 0.145. The van der Waals surface area contributed by atoms with Gasteiger partial charge in [0, 0.05) is 46.9 Å². The maximum Gasteiger partial charge on any atom is 0.159 e. The van der Waals surface area contributed by atoms with Crippen molar-refractivity contribution in [2.45, 2.75) is 0 Å². The highest BCUT2D eigenvalue weighted by Crippen LogP contribution is 2.34. The van der Waals surface area contributed by atoms with Gasteiger partial charge in [-0.1, -0.05) is 43.0 Å². The van der Waals surface area contributed by atoms with Gasteiger partial charge in [0.2, 0.25) is 0 Å². The summed E-state index contributed by atoms with van der Waals surface area (Å²) in [6, 6.07) is 22.3. The Morgan fingerprint density at radius 1 is 0.850 bits per heavy atom. The van der Waals surface area contributed by atoms with E-state index in [-0.39, 0.29) is 0 Å². The van der Waals surface area contributed by atoms with E-state index in [1.165, 1.54) is 6.07 Å². The quantitative estimate of drug-likeness (QED) is 0.220. The third-order valence-electron chi connectivity index (χ3n) is 6.65. The first-order valence-corrected chi connectivity index (χ1v) is 12.5. The summed E-state index contributed by atoms with van der Waals surface area (Å²) < 4.78 is 15.3. The number of pyridine rings is 3. The Morgan fingerprint density at radius 3 is 2.58 bits per heavy atom. The van der Waals surface area contributed by atoms with Crippen LogP contribution in [0.2, 0.25) is 0 Å². The van der Waals surface area contributed by atoms with Gasteiger partial charge in [0.25, 0.3) is 0 Å². The summed E-state index contributed by atoms with van der Waals surface area (Å²) in [4.78, 5) is 21.4. The first-order chi connectivity index (χ1) is 19.6. The Kier molecular flexibility index (Phi) is 5.59. The molecule has 3 N–H and O–H groups in total.